The minimum atomic E-state index is -0.0471. The molecule has 0 aliphatic carbocycles. The van der Waals surface area contributed by atoms with Gasteiger partial charge in [0.15, 0.2) is 0 Å². The Bertz CT molecular complexity index is 125. The highest BCUT2D eigenvalue weighted by molar-refractivity contribution is 7.99. The lowest BCUT2D eigenvalue weighted by atomic mass is 10.3. The Morgan fingerprint density at radius 1 is 1.80 bits per heavy atom. The molecule has 1 saturated heterocycles. The molecule has 1 N–H and O–H groups in total. The summed E-state index contributed by atoms with van der Waals surface area (Å²) in [5.41, 5.74) is 0. The van der Waals surface area contributed by atoms with E-state index in [0.717, 1.165) is 17.9 Å². The van der Waals surface area contributed by atoms with Crippen LogP contribution >= 0.6 is 23.4 Å². The molecule has 1 aliphatic rings. The van der Waals surface area contributed by atoms with Gasteiger partial charge >= 0.3 is 0 Å². The molecule has 1 fully saturated rings. The van der Waals surface area contributed by atoms with Crippen molar-refractivity contribution < 1.29 is 4.79 Å². The quantitative estimate of drug-likeness (QED) is 0.637. The van der Waals surface area contributed by atoms with Crippen molar-refractivity contribution in [3.63, 3.8) is 0 Å². The van der Waals surface area contributed by atoms with E-state index in [1.165, 1.54) is 0 Å². The highest BCUT2D eigenvalue weighted by Crippen LogP contribution is 2.16. The zero-order valence-electron chi connectivity index (χ0n) is 5.60. The summed E-state index contributed by atoms with van der Waals surface area (Å²) in [6.07, 6.45) is 1.09. The molecule has 10 heavy (non-hydrogen) atoms. The predicted molar refractivity (Wildman–Crippen MR) is 44.6 cm³/mol. The summed E-state index contributed by atoms with van der Waals surface area (Å²) in [7, 11) is 0. The first-order valence-electron chi connectivity index (χ1n) is 3.26. The molecule has 1 aliphatic heterocycles. The third kappa shape index (κ3) is 2.39. The standard InChI is InChI=1S/C6H10ClNOS/c7-3-6(9)8-5-1-2-10-4-5/h5H,1-4H2,(H,8,9). The zero-order chi connectivity index (χ0) is 7.40. The van der Waals surface area contributed by atoms with Gasteiger partial charge < -0.3 is 5.32 Å². The van der Waals surface area contributed by atoms with Crippen LogP contribution < -0.4 is 5.32 Å². The number of carbonyl (C=O) groups is 1. The molecule has 0 aromatic heterocycles. The third-order valence-electron chi connectivity index (χ3n) is 1.42. The van der Waals surface area contributed by atoms with Gasteiger partial charge in [0.1, 0.15) is 5.88 Å². The lowest BCUT2D eigenvalue weighted by Crippen LogP contribution is -2.35. The van der Waals surface area contributed by atoms with Crippen LogP contribution in [0, 0.1) is 0 Å². The van der Waals surface area contributed by atoms with Gasteiger partial charge in [0.05, 0.1) is 0 Å². The molecule has 0 aromatic carbocycles. The minimum Gasteiger partial charge on any atom is -0.351 e. The summed E-state index contributed by atoms with van der Waals surface area (Å²) in [5, 5.41) is 2.84. The molecule has 0 radical (unpaired) electrons. The van der Waals surface area contributed by atoms with Crippen LogP contribution in [0.1, 0.15) is 6.42 Å². The first kappa shape index (κ1) is 8.21. The lowest BCUT2D eigenvalue weighted by molar-refractivity contribution is -0.119. The second kappa shape index (κ2) is 4.09. The Morgan fingerprint density at radius 2 is 2.60 bits per heavy atom. The summed E-state index contributed by atoms with van der Waals surface area (Å²) in [5.74, 6) is 2.24. The summed E-state index contributed by atoms with van der Waals surface area (Å²) < 4.78 is 0. The van der Waals surface area contributed by atoms with Gasteiger partial charge in [-0.2, -0.15) is 11.8 Å². The van der Waals surface area contributed by atoms with Gasteiger partial charge in [0.25, 0.3) is 0 Å². The van der Waals surface area contributed by atoms with E-state index >= 15 is 0 Å². The van der Waals surface area contributed by atoms with Gasteiger partial charge in [-0.25, -0.2) is 0 Å². The number of carbonyl (C=O) groups excluding carboxylic acids is 1. The average Bonchev–Trinajstić information content (AvgIpc) is 2.40. The number of nitrogens with one attached hydrogen (secondary N) is 1. The van der Waals surface area contributed by atoms with E-state index in [-0.39, 0.29) is 11.8 Å². The molecule has 0 saturated carbocycles. The molecular formula is C6H10ClNOS. The van der Waals surface area contributed by atoms with Crippen molar-refractivity contribution in [2.24, 2.45) is 0 Å². The fourth-order valence-electron chi connectivity index (χ4n) is 0.915. The van der Waals surface area contributed by atoms with E-state index in [0.29, 0.717) is 6.04 Å². The Balaban J connectivity index is 2.17. The van der Waals surface area contributed by atoms with Gasteiger partial charge in [-0.15, -0.1) is 11.6 Å². The van der Waals surface area contributed by atoms with Crippen molar-refractivity contribution in [1.82, 2.24) is 5.32 Å². The van der Waals surface area contributed by atoms with Gasteiger partial charge in [-0.3, -0.25) is 4.79 Å². The molecule has 58 valence electrons. The van der Waals surface area contributed by atoms with Crippen LogP contribution in [0.3, 0.4) is 0 Å². The van der Waals surface area contributed by atoms with E-state index < -0.39 is 0 Å². The molecule has 4 heteroatoms. The number of amides is 1. The molecule has 1 heterocycles. The molecule has 2 nitrogen and oxygen atoms in total. The van der Waals surface area contributed by atoms with Crippen molar-refractivity contribution in [3.05, 3.63) is 0 Å². The first-order chi connectivity index (χ1) is 4.83. The van der Waals surface area contributed by atoms with Crippen LogP contribution in [0.15, 0.2) is 0 Å². The third-order valence-corrected chi connectivity index (χ3v) is 2.82. The zero-order valence-corrected chi connectivity index (χ0v) is 7.17. The Labute approximate surface area is 69.7 Å². The second-order valence-corrected chi connectivity index (χ2v) is 3.68. The molecular weight excluding hydrogens is 170 g/mol. The topological polar surface area (TPSA) is 29.1 Å². The Kier molecular flexibility index (Phi) is 3.35. The van der Waals surface area contributed by atoms with Gasteiger partial charge in [0, 0.05) is 11.8 Å². The number of alkyl halides is 1. The van der Waals surface area contributed by atoms with E-state index in [1.807, 2.05) is 11.8 Å². The van der Waals surface area contributed by atoms with Crippen LogP contribution in [0.4, 0.5) is 0 Å². The smallest absolute Gasteiger partial charge is 0.235 e. The second-order valence-electron chi connectivity index (χ2n) is 2.26. The highest BCUT2D eigenvalue weighted by Gasteiger charge is 2.16. The van der Waals surface area contributed by atoms with Gasteiger partial charge in [-0.1, -0.05) is 0 Å². The summed E-state index contributed by atoms with van der Waals surface area (Å²) in [6.45, 7) is 0. The number of thioether (sulfide) groups is 1. The number of hydrogen-bond donors (Lipinski definition) is 1. The van der Waals surface area contributed by atoms with Crippen molar-refractivity contribution in [2.45, 2.75) is 12.5 Å². The van der Waals surface area contributed by atoms with Crippen molar-refractivity contribution in [3.8, 4) is 0 Å². The Morgan fingerprint density at radius 3 is 3.10 bits per heavy atom. The fourth-order valence-corrected chi connectivity index (χ4v) is 2.14. The molecule has 0 bridgehead atoms. The van der Waals surface area contributed by atoms with Gasteiger partial charge in [0.2, 0.25) is 5.91 Å². The molecule has 1 rings (SSSR count). The molecule has 1 amide bonds. The number of rotatable bonds is 2. The van der Waals surface area contributed by atoms with Gasteiger partial charge in [-0.05, 0) is 12.2 Å². The number of hydrogen-bond acceptors (Lipinski definition) is 2. The van der Waals surface area contributed by atoms with Crippen molar-refractivity contribution in [2.75, 3.05) is 17.4 Å². The number of halogens is 1. The Hall–Kier alpha value is 0.110. The van der Waals surface area contributed by atoms with Crippen LogP contribution in [0.25, 0.3) is 0 Å². The molecule has 0 aromatic rings. The average molecular weight is 180 g/mol. The maximum Gasteiger partial charge on any atom is 0.235 e. The van der Waals surface area contributed by atoms with E-state index in [4.69, 9.17) is 11.6 Å². The first-order valence-corrected chi connectivity index (χ1v) is 4.95. The highest BCUT2D eigenvalue weighted by atomic mass is 35.5. The molecule has 1 unspecified atom stereocenters. The molecule has 1 atom stereocenters. The fraction of sp³-hybridized carbons (Fsp3) is 0.833. The minimum absolute atomic E-state index is 0.0471. The van der Waals surface area contributed by atoms with Crippen LogP contribution in [0.2, 0.25) is 0 Å². The summed E-state index contributed by atoms with van der Waals surface area (Å²) >= 11 is 7.19. The van der Waals surface area contributed by atoms with E-state index in [1.54, 1.807) is 0 Å². The maximum atomic E-state index is 10.7. The SMILES string of the molecule is O=C(CCl)NC1CCSC1. The molecule has 0 spiro atoms. The normalized spacial score (nSPS) is 24.7. The summed E-state index contributed by atoms with van der Waals surface area (Å²) in [4.78, 5) is 10.7. The summed E-state index contributed by atoms with van der Waals surface area (Å²) in [6, 6.07) is 0.372. The maximum absolute atomic E-state index is 10.7. The lowest BCUT2D eigenvalue weighted by Gasteiger charge is -2.08. The van der Waals surface area contributed by atoms with Crippen LogP contribution in [-0.4, -0.2) is 29.3 Å². The predicted octanol–water partition coefficient (Wildman–Crippen LogP) is 0.847. The van der Waals surface area contributed by atoms with E-state index in [9.17, 15) is 4.79 Å². The van der Waals surface area contributed by atoms with E-state index in [2.05, 4.69) is 5.32 Å². The monoisotopic (exact) mass is 179 g/mol. The largest absolute Gasteiger partial charge is 0.351 e. The van der Waals surface area contributed by atoms with Crippen molar-refractivity contribution in [1.29, 1.82) is 0 Å². The van der Waals surface area contributed by atoms with Crippen LogP contribution in [0.5, 0.6) is 0 Å². The van der Waals surface area contributed by atoms with Crippen LogP contribution in [-0.2, 0) is 4.79 Å². The van der Waals surface area contributed by atoms with Crippen molar-refractivity contribution >= 4 is 29.3 Å².